The Morgan fingerprint density at radius 1 is 1.24 bits per heavy atom. The Bertz CT molecular complexity index is 1430. The van der Waals surface area contributed by atoms with Crippen LogP contribution in [0.1, 0.15) is 47.5 Å². The molecule has 2 N–H and O–H groups in total. The molecule has 0 fully saturated rings. The Kier molecular flexibility index (Phi) is 5.80. The highest BCUT2D eigenvalue weighted by molar-refractivity contribution is 7.19. The molecule has 170 valence electrons. The fourth-order valence-corrected chi connectivity index (χ4v) is 5.69. The number of fused-ring (bicyclic) bond motifs is 4. The van der Waals surface area contributed by atoms with Crippen molar-refractivity contribution >= 4 is 44.2 Å². The third kappa shape index (κ3) is 4.20. The van der Waals surface area contributed by atoms with Gasteiger partial charge in [-0.2, -0.15) is 0 Å². The van der Waals surface area contributed by atoms with Crippen molar-refractivity contribution in [2.45, 2.75) is 58.6 Å². The fraction of sp³-hybridized carbons (Fsp3) is 0.375. The van der Waals surface area contributed by atoms with Crippen molar-refractivity contribution in [2.24, 2.45) is 0 Å². The summed E-state index contributed by atoms with van der Waals surface area (Å²) >= 11 is 1.67. The molecule has 0 atom stereocenters. The Morgan fingerprint density at radius 3 is 2.97 bits per heavy atom. The van der Waals surface area contributed by atoms with Crippen molar-refractivity contribution in [1.82, 2.24) is 19.5 Å². The first-order valence-electron chi connectivity index (χ1n) is 11.2. The average molecular weight is 464 g/mol. The lowest BCUT2D eigenvalue weighted by Crippen LogP contribution is -2.21. The number of nitrogens with zero attached hydrogens (tertiary/aromatic N) is 4. The number of benzene rings is 1. The number of aryl methyl sites for hydroxylation is 4. The summed E-state index contributed by atoms with van der Waals surface area (Å²) in [5, 5.41) is 1.55. The molecule has 0 unspecified atom stereocenters. The van der Waals surface area contributed by atoms with Gasteiger partial charge >= 0.3 is 5.97 Å². The number of ether oxygens (including phenoxy) is 1. The van der Waals surface area contributed by atoms with Crippen LogP contribution in [-0.2, 0) is 35.5 Å². The molecule has 0 bridgehead atoms. The highest BCUT2D eigenvalue weighted by atomic mass is 32.1. The van der Waals surface area contributed by atoms with Gasteiger partial charge < -0.3 is 10.5 Å². The smallest absolute Gasteiger partial charge is 0.306 e. The molecular weight excluding hydrogens is 438 g/mol. The third-order valence-corrected chi connectivity index (χ3v) is 7.27. The number of anilines is 1. The van der Waals surface area contributed by atoms with E-state index in [2.05, 4.69) is 15.0 Å². The van der Waals surface area contributed by atoms with Crippen LogP contribution in [0, 0.1) is 6.92 Å². The van der Waals surface area contributed by atoms with Crippen LogP contribution in [0.4, 0.5) is 5.82 Å². The second-order valence-corrected chi connectivity index (χ2v) is 9.48. The van der Waals surface area contributed by atoms with Gasteiger partial charge in [0.15, 0.2) is 12.4 Å². The molecule has 3 aromatic heterocycles. The number of nitrogens with two attached hydrogens (primary N) is 1. The van der Waals surface area contributed by atoms with Crippen molar-refractivity contribution in [3.05, 3.63) is 56.7 Å². The molecule has 0 saturated heterocycles. The Labute approximate surface area is 194 Å². The van der Waals surface area contributed by atoms with Crippen molar-refractivity contribution < 1.29 is 9.53 Å². The standard InChI is InChI=1S/C24H25N5O3S/c1-14-6-4-8-16-21(14)26-13-29(24(16)31)11-5-10-19(30)32-12-18-27-22(25)20-15-7-2-3-9-17(15)33-23(20)28-18/h4,6,8,13H,2-3,5,7,9-12H2,1H3,(H2,25,27,28). The summed E-state index contributed by atoms with van der Waals surface area (Å²) in [4.78, 5) is 40.5. The number of aromatic nitrogens is 4. The van der Waals surface area contributed by atoms with E-state index >= 15 is 0 Å². The van der Waals surface area contributed by atoms with E-state index in [1.165, 1.54) is 34.2 Å². The molecule has 5 rings (SSSR count). The van der Waals surface area contributed by atoms with Gasteiger partial charge in [-0.15, -0.1) is 11.3 Å². The SMILES string of the molecule is Cc1cccc2c(=O)n(CCCC(=O)OCc3nc(N)c4c5c(sc4n3)CCCC5)cnc12. The zero-order valence-corrected chi connectivity index (χ0v) is 19.3. The van der Waals surface area contributed by atoms with Crippen molar-refractivity contribution in [3.63, 3.8) is 0 Å². The minimum Gasteiger partial charge on any atom is -0.457 e. The second kappa shape index (κ2) is 8.90. The molecule has 1 aliphatic rings. The third-order valence-electron chi connectivity index (χ3n) is 6.09. The second-order valence-electron chi connectivity index (χ2n) is 8.39. The molecule has 0 spiro atoms. The molecule has 9 heteroatoms. The first-order chi connectivity index (χ1) is 16.0. The Hall–Kier alpha value is -3.33. The molecule has 4 aromatic rings. The number of carbonyl (C=O) groups excluding carboxylic acids is 1. The summed E-state index contributed by atoms with van der Waals surface area (Å²) in [5.41, 5.74) is 9.07. The summed E-state index contributed by atoms with van der Waals surface area (Å²) in [6, 6.07) is 5.55. The van der Waals surface area contributed by atoms with E-state index in [0.29, 0.717) is 35.5 Å². The maximum atomic E-state index is 12.7. The Morgan fingerprint density at radius 2 is 2.09 bits per heavy atom. The summed E-state index contributed by atoms with van der Waals surface area (Å²) in [7, 11) is 0. The first kappa shape index (κ1) is 21.5. The minimum absolute atomic E-state index is 0.0156. The van der Waals surface area contributed by atoms with E-state index in [4.69, 9.17) is 10.5 Å². The van der Waals surface area contributed by atoms with Gasteiger partial charge in [0, 0.05) is 17.8 Å². The van der Waals surface area contributed by atoms with E-state index < -0.39 is 0 Å². The van der Waals surface area contributed by atoms with Gasteiger partial charge in [0.05, 0.1) is 22.6 Å². The molecule has 0 radical (unpaired) electrons. The van der Waals surface area contributed by atoms with Crippen molar-refractivity contribution in [2.75, 3.05) is 5.73 Å². The number of thiophene rings is 1. The molecule has 3 heterocycles. The number of carbonyl (C=O) groups is 1. The lowest BCUT2D eigenvalue weighted by molar-refractivity contribution is -0.145. The van der Waals surface area contributed by atoms with E-state index in [1.807, 2.05) is 19.1 Å². The zero-order valence-electron chi connectivity index (χ0n) is 18.5. The van der Waals surface area contributed by atoms with E-state index in [0.717, 1.165) is 28.6 Å². The van der Waals surface area contributed by atoms with Gasteiger partial charge in [-0.1, -0.05) is 12.1 Å². The average Bonchev–Trinajstić information content (AvgIpc) is 3.18. The Balaban J connectivity index is 1.19. The predicted molar refractivity (Wildman–Crippen MR) is 128 cm³/mol. The molecule has 0 amide bonds. The van der Waals surface area contributed by atoms with Crippen molar-refractivity contribution in [3.8, 4) is 0 Å². The van der Waals surface area contributed by atoms with E-state index in [-0.39, 0.29) is 24.6 Å². The zero-order chi connectivity index (χ0) is 22.9. The van der Waals surface area contributed by atoms with Crippen LogP contribution in [0.25, 0.3) is 21.1 Å². The number of hydrogen-bond donors (Lipinski definition) is 1. The van der Waals surface area contributed by atoms with Crippen LogP contribution in [0.2, 0.25) is 0 Å². The predicted octanol–water partition coefficient (Wildman–Crippen LogP) is 3.69. The number of esters is 1. The largest absolute Gasteiger partial charge is 0.457 e. The molecule has 0 saturated carbocycles. The number of nitrogen functional groups attached to an aromatic ring is 1. The summed E-state index contributed by atoms with van der Waals surface area (Å²) < 4.78 is 6.90. The molecular formula is C24H25N5O3S. The molecule has 1 aliphatic carbocycles. The highest BCUT2D eigenvalue weighted by Gasteiger charge is 2.20. The highest BCUT2D eigenvalue weighted by Crippen LogP contribution is 2.37. The maximum absolute atomic E-state index is 12.7. The van der Waals surface area contributed by atoms with Gasteiger partial charge in [-0.25, -0.2) is 15.0 Å². The van der Waals surface area contributed by atoms with Gasteiger partial charge in [0.1, 0.15) is 10.6 Å². The number of rotatable bonds is 6. The van der Waals surface area contributed by atoms with E-state index in [9.17, 15) is 9.59 Å². The van der Waals surface area contributed by atoms with E-state index in [1.54, 1.807) is 17.4 Å². The van der Waals surface area contributed by atoms with Gasteiger partial charge in [-0.3, -0.25) is 14.2 Å². The normalized spacial score (nSPS) is 13.4. The molecule has 1 aromatic carbocycles. The van der Waals surface area contributed by atoms with Gasteiger partial charge in [0.25, 0.3) is 5.56 Å². The van der Waals surface area contributed by atoms with Crippen LogP contribution in [0.3, 0.4) is 0 Å². The van der Waals surface area contributed by atoms with Crippen LogP contribution in [-0.4, -0.2) is 25.5 Å². The van der Waals surface area contributed by atoms with Crippen LogP contribution >= 0.6 is 11.3 Å². The first-order valence-corrected chi connectivity index (χ1v) is 12.0. The topological polar surface area (TPSA) is 113 Å². The summed E-state index contributed by atoms with van der Waals surface area (Å²) in [6.07, 6.45) is 6.63. The quantitative estimate of drug-likeness (QED) is 0.434. The maximum Gasteiger partial charge on any atom is 0.306 e. The lowest BCUT2D eigenvalue weighted by Gasteiger charge is -2.11. The number of para-hydroxylation sites is 1. The summed E-state index contributed by atoms with van der Waals surface area (Å²) in [5.74, 6) is 0.515. The number of hydrogen-bond acceptors (Lipinski definition) is 8. The minimum atomic E-state index is -0.361. The fourth-order valence-electron chi connectivity index (χ4n) is 4.40. The van der Waals surface area contributed by atoms with Gasteiger partial charge in [0.2, 0.25) is 0 Å². The molecule has 8 nitrogen and oxygen atoms in total. The van der Waals surface area contributed by atoms with Crippen LogP contribution < -0.4 is 11.3 Å². The monoisotopic (exact) mass is 463 g/mol. The van der Waals surface area contributed by atoms with Crippen LogP contribution in [0.15, 0.2) is 29.3 Å². The summed E-state index contributed by atoms with van der Waals surface area (Å²) in [6.45, 7) is 2.30. The molecule has 33 heavy (non-hydrogen) atoms. The lowest BCUT2D eigenvalue weighted by atomic mass is 9.97. The van der Waals surface area contributed by atoms with Crippen molar-refractivity contribution in [1.29, 1.82) is 0 Å². The van der Waals surface area contributed by atoms with Gasteiger partial charge in [-0.05, 0) is 56.2 Å². The van der Waals surface area contributed by atoms with Crippen LogP contribution in [0.5, 0.6) is 0 Å². The molecule has 0 aliphatic heterocycles.